The number of H-pyrrole nitrogens is 1. The first-order chi connectivity index (χ1) is 13.5. The van der Waals surface area contributed by atoms with Crippen LogP contribution in [-0.4, -0.2) is 51.2 Å². The fraction of sp³-hybridized carbons (Fsp3) is 0.389. The molecule has 2 fully saturated rings. The molecule has 0 aliphatic carbocycles. The predicted octanol–water partition coefficient (Wildman–Crippen LogP) is 2.84. The molecule has 1 N–H and O–H groups in total. The minimum atomic E-state index is -0.896. The first kappa shape index (κ1) is 17.0. The van der Waals surface area contributed by atoms with Crippen molar-refractivity contribution in [3.05, 3.63) is 29.8 Å². The lowest BCUT2D eigenvalue weighted by atomic mass is 10.1. The molecule has 1 aromatic carbocycles. The second-order valence-corrected chi connectivity index (χ2v) is 6.87. The number of carbonyl (C=O) groups is 1. The second kappa shape index (κ2) is 6.18. The van der Waals surface area contributed by atoms with Crippen LogP contribution in [0.15, 0.2) is 18.2 Å². The zero-order chi connectivity index (χ0) is 19.4. The van der Waals surface area contributed by atoms with E-state index in [4.69, 9.17) is 9.47 Å². The van der Waals surface area contributed by atoms with E-state index in [9.17, 15) is 13.6 Å². The molecule has 146 valence electrons. The summed E-state index contributed by atoms with van der Waals surface area (Å²) in [6, 6.07) is 4.11. The maximum Gasteiger partial charge on any atom is 0.509 e. The van der Waals surface area contributed by atoms with E-state index >= 15 is 0 Å². The van der Waals surface area contributed by atoms with Crippen LogP contribution in [0.3, 0.4) is 0 Å². The number of aromatic amines is 1. The molecule has 2 unspecified atom stereocenters. The zero-order valence-electron chi connectivity index (χ0n) is 15.0. The molecule has 0 spiro atoms. The molecule has 3 aromatic rings. The molecule has 2 aromatic heterocycles. The Bertz CT molecular complexity index is 1080. The summed E-state index contributed by atoms with van der Waals surface area (Å²) in [6.45, 7) is 3.62. The lowest BCUT2D eigenvalue weighted by molar-refractivity contribution is 0.117. The van der Waals surface area contributed by atoms with Crippen molar-refractivity contribution in [2.45, 2.75) is 32.1 Å². The summed E-state index contributed by atoms with van der Waals surface area (Å²) in [5.41, 5.74) is 1.03. The molecule has 0 radical (unpaired) electrons. The largest absolute Gasteiger partial charge is 0.509 e. The number of carbonyl (C=O) groups excluding carboxylic acids is 1. The topological polar surface area (TPSA) is 85.3 Å². The highest BCUT2D eigenvalue weighted by atomic mass is 19.2. The van der Waals surface area contributed by atoms with Gasteiger partial charge in [-0.3, -0.25) is 4.57 Å². The van der Waals surface area contributed by atoms with E-state index in [0.29, 0.717) is 49.0 Å². The third-order valence-corrected chi connectivity index (χ3v) is 5.26. The number of halogens is 2. The molecule has 8 nitrogen and oxygen atoms in total. The summed E-state index contributed by atoms with van der Waals surface area (Å²) in [7, 11) is 0. The molecular formula is C18H17F2N5O3. The van der Waals surface area contributed by atoms with Crippen LogP contribution in [0, 0.1) is 11.6 Å². The third kappa shape index (κ3) is 2.51. The number of benzene rings is 1. The van der Waals surface area contributed by atoms with Crippen LogP contribution in [-0.2, 0) is 16.0 Å². The number of ether oxygens (including phenoxy) is 2. The van der Waals surface area contributed by atoms with Crippen molar-refractivity contribution in [1.82, 2.24) is 19.7 Å². The molecule has 2 saturated heterocycles. The highest BCUT2D eigenvalue weighted by molar-refractivity contribution is 5.85. The molecule has 0 bridgehead atoms. The molecule has 5 rings (SSSR count). The minimum Gasteiger partial charge on any atom is -0.427 e. The van der Waals surface area contributed by atoms with Crippen LogP contribution in [0.2, 0.25) is 0 Å². The highest BCUT2D eigenvalue weighted by Crippen LogP contribution is 2.31. The van der Waals surface area contributed by atoms with Crippen molar-refractivity contribution >= 4 is 23.0 Å². The van der Waals surface area contributed by atoms with E-state index in [1.165, 1.54) is 12.1 Å². The van der Waals surface area contributed by atoms with Crippen LogP contribution in [0.4, 0.5) is 19.5 Å². The fourth-order valence-corrected chi connectivity index (χ4v) is 3.88. The van der Waals surface area contributed by atoms with E-state index in [-0.39, 0.29) is 17.6 Å². The first-order valence-electron chi connectivity index (χ1n) is 9.07. The number of hydrogen-bond acceptors (Lipinski definition) is 6. The quantitative estimate of drug-likeness (QED) is 0.694. The molecule has 4 heterocycles. The van der Waals surface area contributed by atoms with Gasteiger partial charge in [-0.15, -0.1) is 10.2 Å². The summed E-state index contributed by atoms with van der Waals surface area (Å²) < 4.78 is 39.8. The maximum atomic E-state index is 14.1. The lowest BCUT2D eigenvalue weighted by Gasteiger charge is -2.32. The Balaban J connectivity index is 1.50. The number of nitrogens with zero attached hydrogens (tertiary/aromatic N) is 4. The number of fused-ring (bicyclic) bond motifs is 2. The Kier molecular flexibility index (Phi) is 3.74. The van der Waals surface area contributed by atoms with Crippen LogP contribution in [0.25, 0.3) is 22.4 Å². The Morgan fingerprint density at radius 2 is 2.07 bits per heavy atom. The summed E-state index contributed by atoms with van der Waals surface area (Å²) in [5.74, 6) is -0.640. The SMILES string of the molecule is CCn1c(-c2cc3c(F)c(F)ccc3[nH]2)nnc1N1CCC2OC(=O)OC2C1. The van der Waals surface area contributed by atoms with Crippen molar-refractivity contribution < 1.29 is 23.0 Å². The van der Waals surface area contributed by atoms with Crippen molar-refractivity contribution in [3.8, 4) is 11.5 Å². The number of anilines is 1. The number of aromatic nitrogens is 4. The van der Waals surface area contributed by atoms with Gasteiger partial charge in [0.1, 0.15) is 6.10 Å². The van der Waals surface area contributed by atoms with Gasteiger partial charge in [0.25, 0.3) is 0 Å². The fourth-order valence-electron chi connectivity index (χ4n) is 3.88. The zero-order valence-corrected chi connectivity index (χ0v) is 15.0. The second-order valence-electron chi connectivity index (χ2n) is 6.87. The van der Waals surface area contributed by atoms with E-state index in [1.807, 2.05) is 16.4 Å². The van der Waals surface area contributed by atoms with Crippen molar-refractivity contribution in [2.75, 3.05) is 18.0 Å². The van der Waals surface area contributed by atoms with Crippen molar-refractivity contribution in [2.24, 2.45) is 0 Å². The average molecular weight is 389 g/mol. The first-order valence-corrected chi connectivity index (χ1v) is 9.07. The minimum absolute atomic E-state index is 0.165. The predicted molar refractivity (Wildman–Crippen MR) is 94.9 cm³/mol. The van der Waals surface area contributed by atoms with Gasteiger partial charge >= 0.3 is 6.16 Å². The van der Waals surface area contributed by atoms with Crippen LogP contribution >= 0.6 is 0 Å². The summed E-state index contributed by atoms with van der Waals surface area (Å²) in [5, 5.41) is 8.73. The van der Waals surface area contributed by atoms with Gasteiger partial charge in [-0.05, 0) is 25.1 Å². The van der Waals surface area contributed by atoms with Crippen LogP contribution in [0.1, 0.15) is 13.3 Å². The number of nitrogens with one attached hydrogen (secondary N) is 1. The summed E-state index contributed by atoms with van der Waals surface area (Å²) in [6.07, 6.45) is -0.564. The standard InChI is InChI=1S/C18H17F2N5O3/c1-2-25-16(12-7-9-11(21-12)4-3-10(19)15(9)20)22-23-17(25)24-6-5-13-14(8-24)28-18(26)27-13/h3-4,7,13-14,21H,2,5-6,8H2,1H3. The number of rotatable bonds is 3. The van der Waals surface area contributed by atoms with E-state index in [2.05, 4.69) is 15.2 Å². The van der Waals surface area contributed by atoms with Gasteiger partial charge in [-0.25, -0.2) is 13.6 Å². The Hall–Kier alpha value is -3.17. The molecule has 10 heteroatoms. The van der Waals surface area contributed by atoms with E-state index in [0.717, 1.165) is 6.07 Å². The molecular weight excluding hydrogens is 372 g/mol. The highest BCUT2D eigenvalue weighted by Gasteiger charge is 2.42. The van der Waals surface area contributed by atoms with Crippen molar-refractivity contribution in [1.29, 1.82) is 0 Å². The monoisotopic (exact) mass is 389 g/mol. The smallest absolute Gasteiger partial charge is 0.427 e. The molecule has 2 atom stereocenters. The Morgan fingerprint density at radius 3 is 2.89 bits per heavy atom. The maximum absolute atomic E-state index is 14.1. The molecule has 0 amide bonds. The molecule has 2 aliphatic heterocycles. The van der Waals surface area contributed by atoms with Gasteiger partial charge < -0.3 is 19.4 Å². The van der Waals surface area contributed by atoms with Gasteiger partial charge in [0.2, 0.25) is 5.95 Å². The van der Waals surface area contributed by atoms with E-state index in [1.54, 1.807) is 0 Å². The van der Waals surface area contributed by atoms with Crippen molar-refractivity contribution in [3.63, 3.8) is 0 Å². The molecule has 0 saturated carbocycles. The third-order valence-electron chi connectivity index (χ3n) is 5.26. The summed E-state index contributed by atoms with van der Waals surface area (Å²) >= 11 is 0. The summed E-state index contributed by atoms with van der Waals surface area (Å²) in [4.78, 5) is 16.4. The average Bonchev–Trinajstić information content (AvgIpc) is 3.38. The van der Waals surface area contributed by atoms with Gasteiger partial charge in [0.05, 0.1) is 12.2 Å². The van der Waals surface area contributed by atoms with Gasteiger partial charge in [-0.2, -0.15) is 0 Å². The Labute approximate surface area is 158 Å². The molecule has 28 heavy (non-hydrogen) atoms. The van der Waals surface area contributed by atoms with Gasteiger partial charge in [-0.1, -0.05) is 0 Å². The number of piperidine rings is 1. The number of hydrogen-bond donors (Lipinski definition) is 1. The van der Waals surface area contributed by atoms with Crippen LogP contribution < -0.4 is 4.90 Å². The van der Waals surface area contributed by atoms with Crippen LogP contribution in [0.5, 0.6) is 0 Å². The molecule has 2 aliphatic rings. The van der Waals surface area contributed by atoms with Gasteiger partial charge in [0.15, 0.2) is 23.6 Å². The lowest BCUT2D eigenvalue weighted by Crippen LogP contribution is -2.46. The van der Waals surface area contributed by atoms with Gasteiger partial charge in [0, 0.05) is 30.4 Å². The Morgan fingerprint density at radius 1 is 1.25 bits per heavy atom. The normalized spacial score (nSPS) is 21.7. The van der Waals surface area contributed by atoms with E-state index < -0.39 is 17.8 Å².